The fourth-order valence-corrected chi connectivity index (χ4v) is 2.07. The summed E-state index contributed by atoms with van der Waals surface area (Å²) in [6.45, 7) is 2.79. The first kappa shape index (κ1) is 12.7. The van der Waals surface area contributed by atoms with Crippen LogP contribution in [0.3, 0.4) is 0 Å². The van der Waals surface area contributed by atoms with E-state index in [-0.39, 0.29) is 11.6 Å². The topological polar surface area (TPSA) is 33.6 Å². The summed E-state index contributed by atoms with van der Waals surface area (Å²) in [7, 11) is 0. The minimum Gasteiger partial charge on any atom is -0.454 e. The van der Waals surface area contributed by atoms with Gasteiger partial charge in [0.05, 0.1) is 6.54 Å². The van der Waals surface area contributed by atoms with Gasteiger partial charge in [0.25, 0.3) is 0 Å². The molecule has 0 bridgehead atoms. The first-order valence-corrected chi connectivity index (χ1v) is 6.56. The van der Waals surface area contributed by atoms with Crippen LogP contribution in [0.5, 0.6) is 11.5 Å². The maximum Gasteiger partial charge on any atom is 0.165 e. The predicted octanol–water partition coefficient (Wildman–Crippen LogP) is 3.36. The van der Waals surface area contributed by atoms with E-state index >= 15 is 0 Å². The molecule has 1 atom stereocenters. The van der Waals surface area contributed by atoms with Crippen molar-refractivity contribution in [1.82, 2.24) is 5.32 Å². The summed E-state index contributed by atoms with van der Waals surface area (Å²) in [5.41, 5.74) is 0.835. The van der Waals surface area contributed by atoms with Gasteiger partial charge in [-0.05, 0) is 37.3 Å². The summed E-state index contributed by atoms with van der Waals surface area (Å²) < 4.78 is 19.4. The minimum atomic E-state index is -0.385. The molecule has 3 nitrogen and oxygen atoms in total. The molecule has 4 heteroatoms. The first-order valence-electron chi connectivity index (χ1n) is 6.56. The van der Waals surface area contributed by atoms with Crippen molar-refractivity contribution in [3.63, 3.8) is 0 Å². The van der Waals surface area contributed by atoms with Crippen LogP contribution in [-0.4, -0.2) is 18.4 Å². The zero-order valence-corrected chi connectivity index (χ0v) is 11.1. The average Bonchev–Trinajstić information content (AvgIpc) is 2.89. The Balaban J connectivity index is 1.88. The third-order valence-electron chi connectivity index (χ3n) is 3.08. The van der Waals surface area contributed by atoms with E-state index in [9.17, 15) is 4.39 Å². The van der Waals surface area contributed by atoms with Crippen LogP contribution in [0.25, 0.3) is 0 Å². The lowest BCUT2D eigenvalue weighted by Gasteiger charge is -2.10. The molecule has 0 saturated carbocycles. The number of ether oxygens (including phenoxy) is 1. The standard InChI is InChI=1S/C16H15FN2O/c1-11-10-18-16(19-11)12-7-8-14(17)15(9-12)20-13-5-3-2-4-6-13/h2-9,11H,10H2,1H3,(H,18,19). The van der Waals surface area contributed by atoms with Crippen LogP contribution in [-0.2, 0) is 0 Å². The van der Waals surface area contributed by atoms with Gasteiger partial charge in [0.1, 0.15) is 11.6 Å². The van der Waals surface area contributed by atoms with Crippen molar-refractivity contribution >= 4 is 5.84 Å². The number of aliphatic imine (C=N–C) groups is 1. The van der Waals surface area contributed by atoms with E-state index < -0.39 is 0 Å². The second kappa shape index (κ2) is 5.33. The second-order valence-corrected chi connectivity index (χ2v) is 4.79. The first-order chi connectivity index (χ1) is 9.72. The fraction of sp³-hybridized carbons (Fsp3) is 0.188. The van der Waals surface area contributed by atoms with Gasteiger partial charge >= 0.3 is 0 Å². The largest absolute Gasteiger partial charge is 0.454 e. The summed E-state index contributed by atoms with van der Waals surface area (Å²) in [5.74, 6) is 1.22. The van der Waals surface area contributed by atoms with Gasteiger partial charge in [-0.25, -0.2) is 4.39 Å². The van der Waals surface area contributed by atoms with Gasteiger partial charge in [0.2, 0.25) is 0 Å². The van der Waals surface area contributed by atoms with Gasteiger partial charge in [-0.1, -0.05) is 18.2 Å². The quantitative estimate of drug-likeness (QED) is 0.927. The van der Waals surface area contributed by atoms with E-state index in [1.165, 1.54) is 6.07 Å². The molecule has 20 heavy (non-hydrogen) atoms. The number of amidine groups is 1. The summed E-state index contributed by atoms with van der Waals surface area (Å²) in [6.07, 6.45) is 0. The van der Waals surface area contributed by atoms with Crippen molar-refractivity contribution in [2.24, 2.45) is 4.99 Å². The summed E-state index contributed by atoms with van der Waals surface area (Å²) in [5, 5.41) is 3.25. The van der Waals surface area contributed by atoms with Crippen molar-refractivity contribution in [2.75, 3.05) is 6.54 Å². The van der Waals surface area contributed by atoms with Crippen LogP contribution in [0.1, 0.15) is 12.5 Å². The third-order valence-corrected chi connectivity index (χ3v) is 3.08. The highest BCUT2D eigenvalue weighted by atomic mass is 19.1. The number of halogens is 1. The molecule has 0 spiro atoms. The number of hydrogen-bond acceptors (Lipinski definition) is 3. The predicted molar refractivity (Wildman–Crippen MR) is 76.9 cm³/mol. The molecule has 1 heterocycles. The van der Waals surface area contributed by atoms with Gasteiger partial charge in [0, 0.05) is 11.6 Å². The molecule has 0 fully saturated rings. The van der Waals surface area contributed by atoms with Gasteiger partial charge < -0.3 is 10.1 Å². The maximum absolute atomic E-state index is 13.8. The van der Waals surface area contributed by atoms with Gasteiger partial charge in [-0.3, -0.25) is 4.99 Å². The maximum atomic E-state index is 13.8. The van der Waals surface area contributed by atoms with Crippen LogP contribution in [0.4, 0.5) is 4.39 Å². The van der Waals surface area contributed by atoms with Crippen LogP contribution in [0, 0.1) is 5.82 Å². The van der Waals surface area contributed by atoms with E-state index in [1.807, 2.05) is 18.2 Å². The van der Waals surface area contributed by atoms with Crippen LogP contribution >= 0.6 is 0 Å². The lowest BCUT2D eigenvalue weighted by atomic mass is 10.2. The van der Waals surface area contributed by atoms with Crippen molar-refractivity contribution in [2.45, 2.75) is 13.0 Å². The molecule has 0 aromatic heterocycles. The second-order valence-electron chi connectivity index (χ2n) is 4.79. The van der Waals surface area contributed by atoms with Gasteiger partial charge in [-0.15, -0.1) is 0 Å². The zero-order chi connectivity index (χ0) is 13.9. The Bertz CT molecular complexity index is 640. The fourth-order valence-electron chi connectivity index (χ4n) is 2.07. The summed E-state index contributed by atoms with van der Waals surface area (Å²) in [4.78, 5) is 4.39. The monoisotopic (exact) mass is 270 g/mol. The lowest BCUT2D eigenvalue weighted by Crippen LogP contribution is -2.27. The highest BCUT2D eigenvalue weighted by Crippen LogP contribution is 2.25. The van der Waals surface area contributed by atoms with Crippen molar-refractivity contribution < 1.29 is 9.13 Å². The normalized spacial score (nSPS) is 17.5. The van der Waals surface area contributed by atoms with Crippen molar-refractivity contribution in [3.05, 3.63) is 59.9 Å². The van der Waals surface area contributed by atoms with Crippen LogP contribution in [0.2, 0.25) is 0 Å². The average molecular weight is 270 g/mol. The molecular weight excluding hydrogens is 255 g/mol. The Morgan fingerprint density at radius 1 is 1.20 bits per heavy atom. The minimum absolute atomic E-state index is 0.206. The molecule has 3 rings (SSSR count). The molecule has 1 aliphatic heterocycles. The molecule has 0 aliphatic carbocycles. The number of nitrogens with zero attached hydrogens (tertiary/aromatic N) is 1. The third kappa shape index (κ3) is 2.64. The number of benzene rings is 2. The van der Waals surface area contributed by atoms with E-state index in [0.717, 1.165) is 17.9 Å². The molecule has 2 aromatic rings. The van der Waals surface area contributed by atoms with E-state index in [0.29, 0.717) is 11.8 Å². The molecule has 102 valence electrons. The van der Waals surface area contributed by atoms with Gasteiger partial charge in [0.15, 0.2) is 11.6 Å². The molecule has 0 amide bonds. The molecule has 0 radical (unpaired) electrons. The number of hydrogen-bond donors (Lipinski definition) is 1. The van der Waals surface area contributed by atoms with Crippen LogP contribution in [0.15, 0.2) is 53.5 Å². The Hall–Kier alpha value is -2.36. The Kier molecular flexibility index (Phi) is 3.37. The number of para-hydroxylation sites is 1. The summed E-state index contributed by atoms with van der Waals surface area (Å²) >= 11 is 0. The van der Waals surface area contributed by atoms with E-state index in [4.69, 9.17) is 4.74 Å². The van der Waals surface area contributed by atoms with E-state index in [1.54, 1.807) is 24.3 Å². The molecule has 1 N–H and O–H groups in total. The van der Waals surface area contributed by atoms with Crippen LogP contribution < -0.4 is 10.1 Å². The lowest BCUT2D eigenvalue weighted by molar-refractivity contribution is 0.442. The highest BCUT2D eigenvalue weighted by Gasteiger charge is 2.16. The Labute approximate surface area is 117 Å². The molecule has 1 unspecified atom stereocenters. The SMILES string of the molecule is CC1CN=C(c2ccc(F)c(Oc3ccccc3)c2)N1. The molecule has 0 saturated heterocycles. The zero-order valence-electron chi connectivity index (χ0n) is 11.1. The molecular formula is C16H15FN2O. The Morgan fingerprint density at radius 3 is 2.70 bits per heavy atom. The molecule has 1 aliphatic rings. The van der Waals surface area contributed by atoms with Gasteiger partial charge in [-0.2, -0.15) is 0 Å². The Morgan fingerprint density at radius 2 is 2.00 bits per heavy atom. The smallest absolute Gasteiger partial charge is 0.165 e. The molecule has 2 aromatic carbocycles. The highest BCUT2D eigenvalue weighted by molar-refractivity contribution is 6.00. The number of rotatable bonds is 3. The van der Waals surface area contributed by atoms with Crippen molar-refractivity contribution in [3.8, 4) is 11.5 Å². The summed E-state index contributed by atoms with van der Waals surface area (Å²) in [6, 6.07) is 14.3. The number of nitrogens with one attached hydrogen (secondary N) is 1. The van der Waals surface area contributed by atoms with Crippen molar-refractivity contribution in [1.29, 1.82) is 0 Å². The van der Waals surface area contributed by atoms with E-state index in [2.05, 4.69) is 17.2 Å².